The Hall–Kier alpha value is -2.17. The molecule has 112 valence electrons. The zero-order valence-corrected chi connectivity index (χ0v) is 12.4. The maximum absolute atomic E-state index is 13.7. The van der Waals surface area contributed by atoms with E-state index in [-0.39, 0.29) is 17.4 Å². The summed E-state index contributed by atoms with van der Waals surface area (Å²) in [6.45, 7) is 5.73. The van der Waals surface area contributed by atoms with Crippen molar-refractivity contribution in [3.05, 3.63) is 41.3 Å². The number of carboxylic acids is 1. The lowest BCUT2D eigenvalue weighted by Crippen LogP contribution is -2.07. The van der Waals surface area contributed by atoms with E-state index in [0.717, 1.165) is 12.8 Å². The summed E-state index contributed by atoms with van der Waals surface area (Å²) in [5.41, 5.74) is 1.42. The van der Waals surface area contributed by atoms with E-state index in [0.29, 0.717) is 16.8 Å². The van der Waals surface area contributed by atoms with Gasteiger partial charge in [-0.25, -0.2) is 9.18 Å². The first-order valence-corrected chi connectivity index (χ1v) is 7.06. The van der Waals surface area contributed by atoms with Crippen LogP contribution in [0.1, 0.15) is 48.7 Å². The molecule has 5 heteroatoms. The first-order valence-electron chi connectivity index (χ1n) is 7.06. The van der Waals surface area contributed by atoms with Gasteiger partial charge in [0.25, 0.3) is 0 Å². The van der Waals surface area contributed by atoms with E-state index < -0.39 is 5.97 Å². The zero-order valence-electron chi connectivity index (χ0n) is 12.4. The average molecular weight is 290 g/mol. The number of benzene rings is 1. The van der Waals surface area contributed by atoms with Crippen LogP contribution in [0.4, 0.5) is 4.39 Å². The lowest BCUT2D eigenvalue weighted by Gasteiger charge is -2.12. The molecular formula is C16H19FN2O2. The van der Waals surface area contributed by atoms with Crippen LogP contribution in [0.2, 0.25) is 0 Å². The minimum absolute atomic E-state index is 0.102. The third-order valence-electron chi connectivity index (χ3n) is 3.72. The Morgan fingerprint density at radius 1 is 1.38 bits per heavy atom. The van der Waals surface area contributed by atoms with Gasteiger partial charge in [-0.3, -0.25) is 4.68 Å². The molecule has 0 fully saturated rings. The lowest BCUT2D eigenvalue weighted by molar-refractivity contribution is 0.0697. The molecule has 0 bridgehead atoms. The molecule has 21 heavy (non-hydrogen) atoms. The Morgan fingerprint density at radius 2 is 2.05 bits per heavy atom. The predicted molar refractivity (Wildman–Crippen MR) is 78.9 cm³/mol. The molecule has 0 atom stereocenters. The van der Waals surface area contributed by atoms with Gasteiger partial charge in [-0.1, -0.05) is 26.0 Å². The van der Waals surface area contributed by atoms with Crippen molar-refractivity contribution in [1.29, 1.82) is 0 Å². The summed E-state index contributed by atoms with van der Waals surface area (Å²) in [7, 11) is 0. The predicted octanol–water partition coefficient (Wildman–Crippen LogP) is 4.06. The molecule has 0 spiro atoms. The van der Waals surface area contributed by atoms with Crippen molar-refractivity contribution in [3.8, 4) is 11.3 Å². The van der Waals surface area contributed by atoms with Crippen molar-refractivity contribution in [2.45, 2.75) is 39.7 Å². The quantitative estimate of drug-likeness (QED) is 0.903. The Balaban J connectivity index is 2.55. The minimum Gasteiger partial charge on any atom is -0.478 e. The molecule has 1 heterocycles. The smallest absolute Gasteiger partial charge is 0.339 e. The number of carboxylic acid groups (broad SMARTS) is 1. The monoisotopic (exact) mass is 290 g/mol. The van der Waals surface area contributed by atoms with E-state index in [1.54, 1.807) is 23.7 Å². The van der Waals surface area contributed by atoms with Gasteiger partial charge in [0.05, 0.1) is 6.04 Å². The van der Waals surface area contributed by atoms with Crippen LogP contribution in [0, 0.1) is 12.7 Å². The highest BCUT2D eigenvalue weighted by atomic mass is 19.1. The summed E-state index contributed by atoms with van der Waals surface area (Å²) in [5, 5.41) is 13.7. The van der Waals surface area contributed by atoms with E-state index >= 15 is 0 Å². The van der Waals surface area contributed by atoms with Gasteiger partial charge in [0.2, 0.25) is 0 Å². The van der Waals surface area contributed by atoms with Crippen LogP contribution in [-0.4, -0.2) is 20.9 Å². The summed E-state index contributed by atoms with van der Waals surface area (Å²) >= 11 is 0. The van der Waals surface area contributed by atoms with Crippen LogP contribution in [0.25, 0.3) is 11.3 Å². The fourth-order valence-corrected chi connectivity index (χ4v) is 2.35. The third kappa shape index (κ3) is 2.96. The molecule has 0 aliphatic carbocycles. The number of aromatic nitrogens is 2. The van der Waals surface area contributed by atoms with Crippen molar-refractivity contribution in [2.75, 3.05) is 0 Å². The molecule has 2 rings (SSSR count). The highest BCUT2D eigenvalue weighted by Crippen LogP contribution is 2.26. The van der Waals surface area contributed by atoms with Crippen LogP contribution < -0.4 is 0 Å². The van der Waals surface area contributed by atoms with Crippen molar-refractivity contribution in [2.24, 2.45) is 0 Å². The lowest BCUT2D eigenvalue weighted by atomic mass is 10.1. The van der Waals surface area contributed by atoms with Crippen LogP contribution in [0.3, 0.4) is 0 Å². The molecule has 1 N–H and O–H groups in total. The van der Waals surface area contributed by atoms with E-state index in [1.165, 1.54) is 12.3 Å². The molecule has 2 aromatic rings. The highest BCUT2D eigenvalue weighted by Gasteiger charge is 2.20. The average Bonchev–Trinajstić information content (AvgIpc) is 2.88. The molecule has 0 aliphatic heterocycles. The molecule has 0 aliphatic rings. The van der Waals surface area contributed by atoms with Crippen LogP contribution in [-0.2, 0) is 0 Å². The first kappa shape index (κ1) is 15.2. The fraction of sp³-hybridized carbons (Fsp3) is 0.375. The second-order valence-corrected chi connectivity index (χ2v) is 5.11. The number of aryl methyl sites for hydroxylation is 1. The topological polar surface area (TPSA) is 55.1 Å². The molecule has 0 amide bonds. The van der Waals surface area contributed by atoms with Crippen LogP contribution in [0.15, 0.2) is 24.4 Å². The number of hydrogen-bond donors (Lipinski definition) is 1. The number of rotatable bonds is 5. The fourth-order valence-electron chi connectivity index (χ4n) is 2.35. The second-order valence-electron chi connectivity index (χ2n) is 5.11. The Morgan fingerprint density at radius 3 is 2.57 bits per heavy atom. The Labute approximate surface area is 123 Å². The van der Waals surface area contributed by atoms with E-state index in [4.69, 9.17) is 0 Å². The van der Waals surface area contributed by atoms with Crippen molar-refractivity contribution in [3.63, 3.8) is 0 Å². The summed E-state index contributed by atoms with van der Waals surface area (Å²) in [6, 6.07) is 4.81. The normalized spacial score (nSPS) is 11.1. The van der Waals surface area contributed by atoms with Gasteiger partial charge in [-0.2, -0.15) is 5.10 Å². The van der Waals surface area contributed by atoms with Gasteiger partial charge in [0.15, 0.2) is 0 Å². The molecule has 1 aromatic carbocycles. The maximum Gasteiger partial charge on any atom is 0.339 e. The van der Waals surface area contributed by atoms with Crippen molar-refractivity contribution >= 4 is 5.97 Å². The van der Waals surface area contributed by atoms with Gasteiger partial charge in [-0.05, 0) is 31.4 Å². The highest BCUT2D eigenvalue weighted by molar-refractivity contribution is 5.94. The van der Waals surface area contributed by atoms with Gasteiger partial charge < -0.3 is 5.11 Å². The number of carbonyl (C=O) groups is 1. The van der Waals surface area contributed by atoms with Crippen LogP contribution >= 0.6 is 0 Å². The molecule has 1 aromatic heterocycles. The molecule has 0 saturated heterocycles. The zero-order chi connectivity index (χ0) is 15.6. The molecular weight excluding hydrogens is 271 g/mol. The Kier molecular flexibility index (Phi) is 4.40. The maximum atomic E-state index is 13.7. The number of hydrogen-bond acceptors (Lipinski definition) is 2. The number of nitrogens with zero attached hydrogens (tertiary/aromatic N) is 2. The van der Waals surface area contributed by atoms with Gasteiger partial charge in [0, 0.05) is 11.8 Å². The second kappa shape index (κ2) is 6.08. The van der Waals surface area contributed by atoms with E-state index in [2.05, 4.69) is 5.10 Å². The Bertz CT molecular complexity index is 660. The van der Waals surface area contributed by atoms with Gasteiger partial charge >= 0.3 is 5.97 Å². The largest absolute Gasteiger partial charge is 0.478 e. The number of aromatic carboxylic acids is 1. The van der Waals surface area contributed by atoms with Crippen molar-refractivity contribution < 1.29 is 14.3 Å². The summed E-state index contributed by atoms with van der Waals surface area (Å²) in [4.78, 5) is 11.4. The van der Waals surface area contributed by atoms with E-state index in [1.807, 2.05) is 13.8 Å². The molecule has 0 radical (unpaired) electrons. The molecule has 0 saturated carbocycles. The van der Waals surface area contributed by atoms with Gasteiger partial charge in [-0.15, -0.1) is 0 Å². The van der Waals surface area contributed by atoms with E-state index in [9.17, 15) is 14.3 Å². The minimum atomic E-state index is -1.05. The standard InChI is InChI=1S/C16H19FN2O2/c1-4-12(5-2)19-9-13(16(20)21)15(18-19)11-7-6-10(3)14(17)8-11/h6-9,12H,4-5H2,1-3H3,(H,20,21). The third-order valence-corrected chi connectivity index (χ3v) is 3.72. The first-order chi connectivity index (χ1) is 9.97. The van der Waals surface area contributed by atoms with Crippen molar-refractivity contribution in [1.82, 2.24) is 9.78 Å². The SMILES string of the molecule is CCC(CC)n1cc(C(=O)O)c(-c2ccc(C)c(F)c2)n1. The molecule has 0 unspecified atom stereocenters. The number of halogens is 1. The van der Waals surface area contributed by atoms with Crippen LogP contribution in [0.5, 0.6) is 0 Å². The summed E-state index contributed by atoms with van der Waals surface area (Å²) < 4.78 is 15.4. The molecule has 4 nitrogen and oxygen atoms in total. The summed E-state index contributed by atoms with van der Waals surface area (Å²) in [6.07, 6.45) is 3.25. The summed E-state index contributed by atoms with van der Waals surface area (Å²) in [5.74, 6) is -1.41. The van der Waals surface area contributed by atoms with Gasteiger partial charge in [0.1, 0.15) is 17.1 Å².